The number of aryl methyl sites for hydroxylation is 1. The van der Waals surface area contributed by atoms with Crippen molar-refractivity contribution in [2.45, 2.75) is 19.9 Å². The van der Waals surface area contributed by atoms with Crippen LogP contribution in [0, 0.1) is 6.92 Å². The molecule has 0 unspecified atom stereocenters. The molecule has 0 saturated heterocycles. The van der Waals surface area contributed by atoms with Crippen LogP contribution in [0.3, 0.4) is 0 Å². The second-order valence-corrected chi connectivity index (χ2v) is 10.2. The summed E-state index contributed by atoms with van der Waals surface area (Å²) in [6.45, 7) is 3.00. The molecule has 5 rings (SSSR count). The van der Waals surface area contributed by atoms with Crippen LogP contribution in [-0.4, -0.2) is 46.1 Å². The fourth-order valence-electron chi connectivity index (χ4n) is 4.23. The lowest BCUT2D eigenvalue weighted by molar-refractivity contribution is 0.395. The lowest BCUT2D eigenvalue weighted by Gasteiger charge is -2.28. The molecule has 0 bridgehead atoms. The van der Waals surface area contributed by atoms with Crippen molar-refractivity contribution < 1.29 is 8.42 Å². The number of H-pyrrole nitrogens is 1. The van der Waals surface area contributed by atoms with Gasteiger partial charge in [-0.05, 0) is 64.6 Å². The Kier molecular flexibility index (Phi) is 5.43. The second kappa shape index (κ2) is 8.42. The number of hydrogen-bond acceptors (Lipinski definition) is 6. The molecule has 0 amide bonds. The third-order valence-electron chi connectivity index (χ3n) is 6.02. The van der Waals surface area contributed by atoms with E-state index in [9.17, 15) is 8.42 Å². The number of aromatic amines is 1. The summed E-state index contributed by atoms with van der Waals surface area (Å²) in [6.07, 6.45) is 1.95. The lowest BCUT2D eigenvalue weighted by atomic mass is 9.97. The van der Waals surface area contributed by atoms with Crippen LogP contribution in [0.5, 0.6) is 0 Å². The summed E-state index contributed by atoms with van der Waals surface area (Å²) in [5.41, 5.74) is 8.52. The molecule has 1 aliphatic rings. The van der Waals surface area contributed by atoms with Crippen LogP contribution in [0.2, 0.25) is 0 Å². The number of aromatic nitrogens is 4. The molecule has 2 heterocycles. The van der Waals surface area contributed by atoms with Crippen molar-refractivity contribution in [2.24, 2.45) is 0 Å². The highest BCUT2D eigenvalue weighted by molar-refractivity contribution is 7.88. The number of tetrazole rings is 1. The van der Waals surface area contributed by atoms with Gasteiger partial charge < -0.3 is 5.32 Å². The van der Waals surface area contributed by atoms with Crippen molar-refractivity contribution in [1.82, 2.24) is 24.9 Å². The monoisotopic (exact) mass is 460 g/mol. The first-order valence-corrected chi connectivity index (χ1v) is 12.5. The van der Waals surface area contributed by atoms with E-state index in [-0.39, 0.29) is 0 Å². The van der Waals surface area contributed by atoms with Crippen molar-refractivity contribution in [3.8, 4) is 22.5 Å². The van der Waals surface area contributed by atoms with Crippen molar-refractivity contribution in [3.05, 3.63) is 77.4 Å². The summed E-state index contributed by atoms with van der Waals surface area (Å²) in [5, 5.41) is 17.7. The molecule has 0 saturated carbocycles. The number of benzene rings is 3. The van der Waals surface area contributed by atoms with Crippen LogP contribution >= 0.6 is 0 Å². The molecule has 0 radical (unpaired) electrons. The first-order valence-electron chi connectivity index (χ1n) is 10.7. The number of fused-ring (bicyclic) bond motifs is 1. The Morgan fingerprint density at radius 2 is 1.82 bits per heavy atom. The molecule has 4 aromatic rings. The van der Waals surface area contributed by atoms with E-state index >= 15 is 0 Å². The summed E-state index contributed by atoms with van der Waals surface area (Å²) in [7, 11) is -3.20. The van der Waals surface area contributed by atoms with Gasteiger partial charge in [-0.2, -0.15) is 9.52 Å². The van der Waals surface area contributed by atoms with E-state index in [0.29, 0.717) is 25.3 Å². The van der Waals surface area contributed by atoms with E-state index in [1.807, 2.05) is 30.3 Å². The van der Waals surface area contributed by atoms with Crippen LogP contribution in [0.25, 0.3) is 22.5 Å². The van der Waals surface area contributed by atoms with Crippen LogP contribution < -0.4 is 5.32 Å². The van der Waals surface area contributed by atoms with Gasteiger partial charge in [0.15, 0.2) is 0 Å². The number of nitrogens with one attached hydrogen (secondary N) is 2. The first-order chi connectivity index (χ1) is 15.9. The van der Waals surface area contributed by atoms with Crippen LogP contribution in [-0.2, 0) is 23.0 Å². The zero-order valence-corrected chi connectivity index (χ0v) is 19.2. The quantitative estimate of drug-likeness (QED) is 0.468. The van der Waals surface area contributed by atoms with E-state index < -0.39 is 10.0 Å². The molecule has 0 aliphatic carbocycles. The Morgan fingerprint density at radius 1 is 1.03 bits per heavy atom. The molecule has 0 spiro atoms. The minimum Gasteiger partial charge on any atom is -0.355 e. The Labute approximate surface area is 192 Å². The number of rotatable bonds is 5. The fraction of sp³-hybridized carbons (Fsp3) is 0.208. The molecular formula is C24H24N6O2S. The van der Waals surface area contributed by atoms with Gasteiger partial charge in [0, 0.05) is 30.0 Å². The fourth-order valence-corrected chi connectivity index (χ4v) is 5.03. The molecule has 168 valence electrons. The van der Waals surface area contributed by atoms with Crippen molar-refractivity contribution >= 4 is 21.4 Å². The maximum atomic E-state index is 12.0. The normalized spacial score (nSPS) is 14.1. The number of anilines is 2. The van der Waals surface area contributed by atoms with Gasteiger partial charge in [-0.3, -0.25) is 0 Å². The largest absolute Gasteiger partial charge is 0.355 e. The molecule has 1 aliphatic heterocycles. The van der Waals surface area contributed by atoms with Crippen molar-refractivity contribution in [2.75, 3.05) is 18.1 Å². The third kappa shape index (κ3) is 4.37. The Bertz CT molecular complexity index is 1400. The van der Waals surface area contributed by atoms with Gasteiger partial charge in [-0.25, -0.2) is 8.42 Å². The van der Waals surface area contributed by atoms with E-state index in [1.165, 1.54) is 21.7 Å². The van der Waals surface area contributed by atoms with Gasteiger partial charge in [0.2, 0.25) is 15.8 Å². The van der Waals surface area contributed by atoms with Gasteiger partial charge in [-0.1, -0.05) is 42.5 Å². The lowest BCUT2D eigenvalue weighted by Crippen LogP contribution is -2.35. The molecule has 9 heteroatoms. The average Bonchev–Trinajstić information content (AvgIpc) is 3.35. The van der Waals surface area contributed by atoms with Crippen LogP contribution in [0.4, 0.5) is 11.4 Å². The minimum absolute atomic E-state index is 0.412. The zero-order valence-electron chi connectivity index (χ0n) is 18.4. The summed E-state index contributed by atoms with van der Waals surface area (Å²) in [5.74, 6) is 0.567. The van der Waals surface area contributed by atoms with Crippen LogP contribution in [0.15, 0.2) is 60.7 Å². The second-order valence-electron chi connectivity index (χ2n) is 8.26. The standard InChI is InChI=1S/C24H24N6O2S/c1-16-6-11-20(14-22(16)17-7-9-18(10-8-17)24-26-28-29-27-24)25-23-5-3-4-19-15-30(33(2,31)32)13-12-21(19)23/h3-11,14,25H,12-13,15H2,1-2H3,(H,26,27,28,29). The molecule has 0 fully saturated rings. The topological polar surface area (TPSA) is 104 Å². The molecule has 1 aromatic heterocycles. The molecule has 33 heavy (non-hydrogen) atoms. The summed E-state index contributed by atoms with van der Waals surface area (Å²) < 4.78 is 25.5. The molecular weight excluding hydrogens is 436 g/mol. The summed E-state index contributed by atoms with van der Waals surface area (Å²) in [4.78, 5) is 0. The van der Waals surface area contributed by atoms with E-state index in [2.05, 4.69) is 63.2 Å². The minimum atomic E-state index is -3.20. The smallest absolute Gasteiger partial charge is 0.211 e. The van der Waals surface area contributed by atoms with E-state index in [1.54, 1.807) is 0 Å². The molecule has 8 nitrogen and oxygen atoms in total. The SMILES string of the molecule is Cc1ccc(Nc2cccc3c2CCN(S(C)(=O)=O)C3)cc1-c1ccc(-c2nn[nH]n2)cc1. The van der Waals surface area contributed by atoms with Crippen molar-refractivity contribution in [3.63, 3.8) is 0 Å². The Morgan fingerprint density at radius 3 is 2.55 bits per heavy atom. The number of sulfonamides is 1. The van der Waals surface area contributed by atoms with Gasteiger partial charge >= 0.3 is 0 Å². The third-order valence-corrected chi connectivity index (χ3v) is 7.27. The Hall–Kier alpha value is -3.56. The van der Waals surface area contributed by atoms with Gasteiger partial charge in [0.1, 0.15) is 0 Å². The van der Waals surface area contributed by atoms with Crippen LogP contribution in [0.1, 0.15) is 16.7 Å². The number of hydrogen-bond donors (Lipinski definition) is 2. The van der Waals surface area contributed by atoms with E-state index in [4.69, 9.17) is 0 Å². The van der Waals surface area contributed by atoms with Gasteiger partial charge in [0.05, 0.1) is 6.26 Å². The Balaban J connectivity index is 1.42. The highest BCUT2D eigenvalue weighted by Gasteiger charge is 2.24. The van der Waals surface area contributed by atoms with E-state index in [0.717, 1.165) is 33.6 Å². The summed E-state index contributed by atoms with van der Waals surface area (Å²) >= 11 is 0. The maximum absolute atomic E-state index is 12.0. The molecule has 3 aromatic carbocycles. The zero-order chi connectivity index (χ0) is 23.0. The van der Waals surface area contributed by atoms with Crippen molar-refractivity contribution in [1.29, 1.82) is 0 Å². The summed E-state index contributed by atoms with van der Waals surface area (Å²) in [6, 6.07) is 20.4. The average molecular weight is 461 g/mol. The maximum Gasteiger partial charge on any atom is 0.211 e. The predicted octanol–water partition coefficient (Wildman–Crippen LogP) is 3.90. The van der Waals surface area contributed by atoms with Gasteiger partial charge in [-0.15, -0.1) is 10.2 Å². The predicted molar refractivity (Wildman–Crippen MR) is 128 cm³/mol. The van der Waals surface area contributed by atoms with Gasteiger partial charge in [0.25, 0.3) is 0 Å². The highest BCUT2D eigenvalue weighted by atomic mass is 32.2. The molecule has 0 atom stereocenters. The first kappa shape index (κ1) is 21.3. The molecule has 2 N–H and O–H groups in total. The highest BCUT2D eigenvalue weighted by Crippen LogP contribution is 2.32. The number of nitrogens with zero attached hydrogens (tertiary/aromatic N) is 4.